The molecule has 1 fully saturated rings. The standard InChI is InChI=1S/C13H27N3O/c1-10(2)12(14)13(17)16(4)9-11-5-7-15(3)8-6-11/h10-12H,5-9,14H2,1-4H3/t12-/m1/s1. The van der Waals surface area contributed by atoms with Gasteiger partial charge in [-0.05, 0) is 44.8 Å². The summed E-state index contributed by atoms with van der Waals surface area (Å²) in [4.78, 5) is 16.2. The van der Waals surface area contributed by atoms with Crippen LogP contribution in [0.5, 0.6) is 0 Å². The van der Waals surface area contributed by atoms with Gasteiger partial charge in [-0.2, -0.15) is 0 Å². The number of carbonyl (C=O) groups excluding carboxylic acids is 1. The van der Waals surface area contributed by atoms with Crippen LogP contribution in [0.2, 0.25) is 0 Å². The van der Waals surface area contributed by atoms with E-state index in [4.69, 9.17) is 5.73 Å². The van der Waals surface area contributed by atoms with Gasteiger partial charge in [-0.15, -0.1) is 0 Å². The molecule has 1 amide bonds. The SMILES string of the molecule is CC(C)[C@@H](N)C(=O)N(C)CC1CCN(C)CC1. The Morgan fingerprint density at radius 3 is 2.41 bits per heavy atom. The van der Waals surface area contributed by atoms with Crippen LogP contribution in [0, 0.1) is 11.8 Å². The lowest BCUT2D eigenvalue weighted by molar-refractivity contribution is -0.133. The van der Waals surface area contributed by atoms with Crippen LogP contribution in [0.4, 0.5) is 0 Å². The minimum Gasteiger partial charge on any atom is -0.344 e. The lowest BCUT2D eigenvalue weighted by Gasteiger charge is -2.32. The molecule has 0 radical (unpaired) electrons. The van der Waals surface area contributed by atoms with Gasteiger partial charge in [-0.25, -0.2) is 0 Å². The number of amides is 1. The topological polar surface area (TPSA) is 49.6 Å². The number of piperidine rings is 1. The highest BCUT2D eigenvalue weighted by molar-refractivity contribution is 5.81. The van der Waals surface area contributed by atoms with Gasteiger partial charge in [0.25, 0.3) is 0 Å². The van der Waals surface area contributed by atoms with E-state index in [1.165, 1.54) is 12.8 Å². The number of carbonyl (C=O) groups is 1. The van der Waals surface area contributed by atoms with E-state index in [9.17, 15) is 4.79 Å². The summed E-state index contributed by atoms with van der Waals surface area (Å²) in [6.07, 6.45) is 2.37. The molecule has 1 heterocycles. The molecule has 0 unspecified atom stereocenters. The van der Waals surface area contributed by atoms with Crippen LogP contribution in [0.15, 0.2) is 0 Å². The predicted molar refractivity (Wildman–Crippen MR) is 70.7 cm³/mol. The third kappa shape index (κ3) is 4.28. The smallest absolute Gasteiger partial charge is 0.239 e. The zero-order chi connectivity index (χ0) is 13.0. The summed E-state index contributed by atoms with van der Waals surface area (Å²) in [6.45, 7) is 7.12. The lowest BCUT2D eigenvalue weighted by atomic mass is 9.96. The monoisotopic (exact) mass is 241 g/mol. The Bertz CT molecular complexity index is 247. The third-order valence-corrected chi connectivity index (χ3v) is 3.75. The molecule has 1 aliphatic rings. The maximum atomic E-state index is 12.0. The van der Waals surface area contributed by atoms with Crippen LogP contribution in [-0.2, 0) is 4.79 Å². The second-order valence-electron chi connectivity index (χ2n) is 5.74. The Kier molecular flexibility index (Phi) is 5.40. The largest absolute Gasteiger partial charge is 0.344 e. The summed E-state index contributed by atoms with van der Waals surface area (Å²) in [5.74, 6) is 0.931. The van der Waals surface area contributed by atoms with Crippen molar-refractivity contribution in [2.24, 2.45) is 17.6 Å². The van der Waals surface area contributed by atoms with E-state index in [2.05, 4.69) is 11.9 Å². The van der Waals surface area contributed by atoms with E-state index in [0.29, 0.717) is 5.92 Å². The molecular weight excluding hydrogens is 214 g/mol. The molecule has 4 heteroatoms. The molecule has 0 aliphatic carbocycles. The Morgan fingerprint density at radius 1 is 1.41 bits per heavy atom. The highest BCUT2D eigenvalue weighted by Crippen LogP contribution is 2.17. The third-order valence-electron chi connectivity index (χ3n) is 3.75. The Morgan fingerprint density at radius 2 is 1.94 bits per heavy atom. The molecular formula is C13H27N3O. The minimum atomic E-state index is -0.355. The highest BCUT2D eigenvalue weighted by Gasteiger charge is 2.24. The normalized spacial score (nSPS) is 20.6. The van der Waals surface area contributed by atoms with Crippen molar-refractivity contribution in [1.82, 2.24) is 9.80 Å². The van der Waals surface area contributed by atoms with Crippen LogP contribution in [0.25, 0.3) is 0 Å². The summed E-state index contributed by atoms with van der Waals surface area (Å²) in [7, 11) is 4.03. The summed E-state index contributed by atoms with van der Waals surface area (Å²) >= 11 is 0. The van der Waals surface area contributed by atoms with Crippen LogP contribution in [0.3, 0.4) is 0 Å². The molecule has 0 aromatic heterocycles. The van der Waals surface area contributed by atoms with Gasteiger partial charge in [-0.1, -0.05) is 13.8 Å². The number of nitrogens with two attached hydrogens (primary N) is 1. The number of nitrogens with zero attached hydrogens (tertiary/aromatic N) is 2. The Balaban J connectivity index is 2.38. The maximum Gasteiger partial charge on any atom is 0.239 e. The first-order valence-electron chi connectivity index (χ1n) is 6.61. The van der Waals surface area contributed by atoms with Crippen LogP contribution in [0.1, 0.15) is 26.7 Å². The van der Waals surface area contributed by atoms with E-state index in [-0.39, 0.29) is 17.9 Å². The summed E-state index contributed by atoms with van der Waals surface area (Å²) in [5.41, 5.74) is 5.89. The molecule has 17 heavy (non-hydrogen) atoms. The van der Waals surface area contributed by atoms with E-state index >= 15 is 0 Å². The highest BCUT2D eigenvalue weighted by atomic mass is 16.2. The summed E-state index contributed by atoms with van der Waals surface area (Å²) < 4.78 is 0. The van der Waals surface area contributed by atoms with Gasteiger partial charge in [0.2, 0.25) is 5.91 Å². The number of hydrogen-bond acceptors (Lipinski definition) is 3. The van der Waals surface area contributed by atoms with Gasteiger partial charge in [0.15, 0.2) is 0 Å². The van der Waals surface area contributed by atoms with Crippen molar-refractivity contribution in [3.05, 3.63) is 0 Å². The molecule has 100 valence electrons. The maximum absolute atomic E-state index is 12.0. The van der Waals surface area contributed by atoms with Crippen LogP contribution < -0.4 is 5.73 Å². The second kappa shape index (κ2) is 6.36. The first kappa shape index (κ1) is 14.5. The minimum absolute atomic E-state index is 0.0823. The molecule has 4 nitrogen and oxygen atoms in total. The first-order valence-corrected chi connectivity index (χ1v) is 6.61. The molecule has 0 bridgehead atoms. The van der Waals surface area contributed by atoms with E-state index in [0.717, 1.165) is 19.6 Å². The number of hydrogen-bond donors (Lipinski definition) is 1. The van der Waals surface area contributed by atoms with Gasteiger partial charge < -0.3 is 15.5 Å². The quantitative estimate of drug-likeness (QED) is 0.791. The van der Waals surface area contributed by atoms with Crippen LogP contribution >= 0.6 is 0 Å². The zero-order valence-electron chi connectivity index (χ0n) is 11.6. The van der Waals surface area contributed by atoms with Gasteiger partial charge in [-0.3, -0.25) is 4.79 Å². The average Bonchev–Trinajstić information content (AvgIpc) is 2.30. The van der Waals surface area contributed by atoms with Crippen molar-refractivity contribution in [2.75, 3.05) is 33.7 Å². The zero-order valence-corrected chi connectivity index (χ0v) is 11.6. The van der Waals surface area contributed by atoms with Gasteiger partial charge in [0.1, 0.15) is 0 Å². The summed E-state index contributed by atoms with van der Waals surface area (Å²) in [6, 6.07) is -0.355. The molecule has 1 rings (SSSR count). The van der Waals surface area contributed by atoms with Crippen molar-refractivity contribution in [2.45, 2.75) is 32.7 Å². The van der Waals surface area contributed by atoms with Gasteiger partial charge in [0, 0.05) is 13.6 Å². The summed E-state index contributed by atoms with van der Waals surface area (Å²) in [5, 5.41) is 0. The fourth-order valence-electron chi connectivity index (χ4n) is 2.26. The van der Waals surface area contributed by atoms with Crippen molar-refractivity contribution >= 4 is 5.91 Å². The van der Waals surface area contributed by atoms with Crippen molar-refractivity contribution in [1.29, 1.82) is 0 Å². The molecule has 1 atom stereocenters. The van der Waals surface area contributed by atoms with Crippen LogP contribution in [-0.4, -0.2) is 55.5 Å². The van der Waals surface area contributed by atoms with Gasteiger partial charge >= 0.3 is 0 Å². The van der Waals surface area contributed by atoms with Gasteiger partial charge in [0.05, 0.1) is 6.04 Å². The molecule has 0 saturated carbocycles. The van der Waals surface area contributed by atoms with E-state index < -0.39 is 0 Å². The lowest BCUT2D eigenvalue weighted by Crippen LogP contribution is -2.47. The number of rotatable bonds is 4. The molecule has 1 saturated heterocycles. The Hall–Kier alpha value is -0.610. The molecule has 0 aromatic carbocycles. The first-order chi connectivity index (χ1) is 7.91. The van der Waals surface area contributed by atoms with Crippen molar-refractivity contribution in [3.8, 4) is 0 Å². The molecule has 2 N–H and O–H groups in total. The predicted octanol–water partition coefficient (Wildman–Crippen LogP) is 0.770. The van der Waals surface area contributed by atoms with Crippen molar-refractivity contribution < 1.29 is 4.79 Å². The molecule has 1 aliphatic heterocycles. The fraction of sp³-hybridized carbons (Fsp3) is 0.923. The fourth-order valence-corrected chi connectivity index (χ4v) is 2.26. The number of likely N-dealkylation sites (tertiary alicyclic amines) is 1. The van der Waals surface area contributed by atoms with E-state index in [1.54, 1.807) is 0 Å². The molecule has 0 spiro atoms. The molecule has 0 aromatic rings. The Labute approximate surface area is 105 Å². The van der Waals surface area contributed by atoms with Crippen molar-refractivity contribution in [3.63, 3.8) is 0 Å². The average molecular weight is 241 g/mol. The second-order valence-corrected chi connectivity index (χ2v) is 5.74. The van der Waals surface area contributed by atoms with E-state index in [1.807, 2.05) is 25.8 Å². The number of likely N-dealkylation sites (N-methyl/N-ethyl adjacent to an activating group) is 1.